The zero-order valence-electron chi connectivity index (χ0n) is 5.76. The van der Waals surface area contributed by atoms with Crippen LogP contribution in [0, 0.1) is 5.41 Å². The summed E-state index contributed by atoms with van der Waals surface area (Å²) in [4.78, 5) is 0. The Kier molecular flexibility index (Phi) is 4.51. The Balaban J connectivity index is 3.87. The minimum Gasteiger partial charge on any atom is -0.396 e. The fraction of sp³-hybridized carbons (Fsp3) is 1.00. The van der Waals surface area contributed by atoms with Gasteiger partial charge in [0.15, 0.2) is 0 Å². The summed E-state index contributed by atoms with van der Waals surface area (Å²) in [5.74, 6) is 0. The van der Waals surface area contributed by atoms with Gasteiger partial charge in [0.25, 0.3) is 0 Å². The Bertz CT molecular complexity index is 74.8. The summed E-state index contributed by atoms with van der Waals surface area (Å²) < 4.78 is 11.7. The fourth-order valence-electron chi connectivity index (χ4n) is 0.588. The van der Waals surface area contributed by atoms with E-state index in [1.165, 1.54) is 0 Å². The van der Waals surface area contributed by atoms with Crippen molar-refractivity contribution in [3.63, 3.8) is 0 Å². The van der Waals surface area contributed by atoms with Gasteiger partial charge in [-0.15, -0.1) is 0 Å². The molecule has 0 radical (unpaired) electrons. The van der Waals surface area contributed by atoms with Crippen molar-refractivity contribution in [3.8, 4) is 0 Å². The first-order valence-electron chi connectivity index (χ1n) is 3.13. The lowest BCUT2D eigenvalue weighted by Gasteiger charge is -2.25. The predicted octanol–water partition coefficient (Wildman–Crippen LogP) is -0.691. The third kappa shape index (κ3) is 2.21. The summed E-state index contributed by atoms with van der Waals surface area (Å²) in [7, 11) is 0. The van der Waals surface area contributed by atoms with E-state index in [9.17, 15) is 4.39 Å². The highest BCUT2D eigenvalue weighted by Gasteiger charge is 2.27. The van der Waals surface area contributed by atoms with Crippen LogP contribution in [0.3, 0.4) is 0 Å². The molecule has 0 heterocycles. The molecule has 0 bridgehead atoms. The normalized spacial score (nSPS) is 12.0. The molecule has 0 fully saturated rings. The minimum absolute atomic E-state index is 0.00347. The molecule has 0 saturated carbocycles. The van der Waals surface area contributed by atoms with Crippen LogP contribution in [0.25, 0.3) is 0 Å². The van der Waals surface area contributed by atoms with E-state index < -0.39 is 12.1 Å². The molecule has 0 amide bonds. The highest BCUT2D eigenvalue weighted by Crippen LogP contribution is 2.19. The van der Waals surface area contributed by atoms with E-state index in [0.29, 0.717) is 0 Å². The molecule has 10 heavy (non-hydrogen) atoms. The van der Waals surface area contributed by atoms with Gasteiger partial charge < -0.3 is 15.3 Å². The van der Waals surface area contributed by atoms with Crippen LogP contribution in [-0.4, -0.2) is 41.8 Å². The Morgan fingerprint density at radius 3 is 1.50 bits per heavy atom. The van der Waals surface area contributed by atoms with Gasteiger partial charge in [-0.3, -0.25) is 4.39 Å². The monoisotopic (exact) mass is 152 g/mol. The van der Waals surface area contributed by atoms with Gasteiger partial charge in [0.2, 0.25) is 0 Å². The standard InChI is InChI=1S/C6H13FO3/c7-2-1-6(3-8,4-9)5-10/h8-10H,1-5H2. The van der Waals surface area contributed by atoms with Gasteiger partial charge in [-0.1, -0.05) is 0 Å². The Hall–Kier alpha value is -0.190. The smallest absolute Gasteiger partial charge is 0.0902 e. The molecule has 3 N–H and O–H groups in total. The lowest BCUT2D eigenvalue weighted by atomic mass is 9.88. The van der Waals surface area contributed by atoms with Crippen LogP contribution in [0.1, 0.15) is 6.42 Å². The molecule has 0 aromatic carbocycles. The lowest BCUT2D eigenvalue weighted by molar-refractivity contribution is -0.00468. The molecule has 0 atom stereocenters. The van der Waals surface area contributed by atoms with Crippen molar-refractivity contribution in [2.75, 3.05) is 26.5 Å². The van der Waals surface area contributed by atoms with Gasteiger partial charge in [0.05, 0.1) is 26.5 Å². The van der Waals surface area contributed by atoms with Crippen molar-refractivity contribution in [3.05, 3.63) is 0 Å². The first-order chi connectivity index (χ1) is 4.74. The summed E-state index contributed by atoms with van der Waals surface area (Å²) in [6, 6.07) is 0. The summed E-state index contributed by atoms with van der Waals surface area (Å²) in [5, 5.41) is 25.9. The Labute approximate surface area is 59.1 Å². The average molecular weight is 152 g/mol. The number of aliphatic hydroxyl groups is 3. The molecule has 0 spiro atoms. The van der Waals surface area contributed by atoms with Crippen molar-refractivity contribution in [1.82, 2.24) is 0 Å². The number of alkyl halides is 1. The van der Waals surface area contributed by atoms with Gasteiger partial charge in [-0.2, -0.15) is 0 Å². The molecule has 0 rings (SSSR count). The fourth-order valence-corrected chi connectivity index (χ4v) is 0.588. The van der Waals surface area contributed by atoms with Crippen LogP contribution in [0.4, 0.5) is 4.39 Å². The Morgan fingerprint density at radius 2 is 1.40 bits per heavy atom. The summed E-state index contributed by atoms with van der Waals surface area (Å²) >= 11 is 0. The molecule has 0 aliphatic heterocycles. The summed E-state index contributed by atoms with van der Waals surface area (Å²) in [5.41, 5.74) is -1.03. The second kappa shape index (κ2) is 4.60. The average Bonchev–Trinajstić information content (AvgIpc) is 2.01. The van der Waals surface area contributed by atoms with E-state index in [1.54, 1.807) is 0 Å². The molecule has 62 valence electrons. The number of hydrogen-bond donors (Lipinski definition) is 3. The maximum Gasteiger partial charge on any atom is 0.0902 e. The van der Waals surface area contributed by atoms with Crippen molar-refractivity contribution < 1.29 is 19.7 Å². The van der Waals surface area contributed by atoms with Gasteiger partial charge >= 0.3 is 0 Å². The molecule has 0 aliphatic rings. The first-order valence-corrected chi connectivity index (χ1v) is 3.13. The lowest BCUT2D eigenvalue weighted by Crippen LogP contribution is -2.34. The molecule has 4 heteroatoms. The van der Waals surface area contributed by atoms with Gasteiger partial charge in [-0.05, 0) is 6.42 Å². The molecule has 0 aromatic heterocycles. The maximum absolute atomic E-state index is 11.7. The Morgan fingerprint density at radius 1 is 1.00 bits per heavy atom. The third-order valence-electron chi connectivity index (χ3n) is 1.63. The van der Waals surface area contributed by atoms with Gasteiger partial charge in [0.1, 0.15) is 0 Å². The largest absolute Gasteiger partial charge is 0.396 e. The number of rotatable bonds is 5. The number of hydrogen-bond acceptors (Lipinski definition) is 3. The van der Waals surface area contributed by atoms with E-state index in [0.717, 1.165) is 0 Å². The van der Waals surface area contributed by atoms with Gasteiger partial charge in [-0.25, -0.2) is 0 Å². The third-order valence-corrected chi connectivity index (χ3v) is 1.63. The quantitative estimate of drug-likeness (QED) is 0.488. The molecule has 0 aliphatic carbocycles. The zero-order chi connectivity index (χ0) is 8.04. The molecule has 0 aromatic rings. The van der Waals surface area contributed by atoms with Crippen molar-refractivity contribution in [2.45, 2.75) is 6.42 Å². The van der Waals surface area contributed by atoms with E-state index in [1.807, 2.05) is 0 Å². The maximum atomic E-state index is 11.7. The van der Waals surface area contributed by atoms with E-state index in [-0.39, 0.29) is 26.2 Å². The van der Waals surface area contributed by atoms with Crippen LogP contribution in [0.15, 0.2) is 0 Å². The summed E-state index contributed by atoms with van der Waals surface area (Å²) in [6.45, 7) is -1.79. The highest BCUT2D eigenvalue weighted by molar-refractivity contribution is 4.76. The number of halogens is 1. The van der Waals surface area contributed by atoms with Crippen molar-refractivity contribution in [1.29, 1.82) is 0 Å². The molecular formula is C6H13FO3. The van der Waals surface area contributed by atoms with Crippen molar-refractivity contribution in [2.24, 2.45) is 5.41 Å². The SMILES string of the molecule is OCC(CO)(CO)CCF. The molecular weight excluding hydrogens is 139 g/mol. The zero-order valence-corrected chi connectivity index (χ0v) is 5.76. The van der Waals surface area contributed by atoms with Crippen molar-refractivity contribution >= 4 is 0 Å². The van der Waals surface area contributed by atoms with Crippen LogP contribution in [-0.2, 0) is 0 Å². The van der Waals surface area contributed by atoms with Crippen LogP contribution < -0.4 is 0 Å². The first kappa shape index (κ1) is 9.81. The minimum atomic E-state index is -1.03. The van der Waals surface area contributed by atoms with Crippen LogP contribution in [0.5, 0.6) is 0 Å². The van der Waals surface area contributed by atoms with E-state index in [2.05, 4.69) is 0 Å². The predicted molar refractivity (Wildman–Crippen MR) is 34.3 cm³/mol. The van der Waals surface area contributed by atoms with Gasteiger partial charge in [0, 0.05) is 5.41 Å². The second-order valence-electron chi connectivity index (χ2n) is 2.41. The molecule has 3 nitrogen and oxygen atoms in total. The van der Waals surface area contributed by atoms with E-state index in [4.69, 9.17) is 15.3 Å². The molecule has 0 saturated heterocycles. The van der Waals surface area contributed by atoms with Crippen LogP contribution in [0.2, 0.25) is 0 Å². The number of aliphatic hydroxyl groups excluding tert-OH is 3. The molecule has 0 unspecified atom stereocenters. The highest BCUT2D eigenvalue weighted by atomic mass is 19.1. The van der Waals surface area contributed by atoms with Crippen LogP contribution >= 0.6 is 0 Å². The van der Waals surface area contributed by atoms with E-state index >= 15 is 0 Å². The second-order valence-corrected chi connectivity index (χ2v) is 2.41. The topological polar surface area (TPSA) is 60.7 Å². The summed E-state index contributed by atoms with van der Waals surface area (Å²) in [6.07, 6.45) is -0.00347.